The van der Waals surface area contributed by atoms with Crippen LogP contribution in [0.3, 0.4) is 0 Å². The Morgan fingerprint density at radius 3 is 0.984 bits per heavy atom. The van der Waals surface area contributed by atoms with Gasteiger partial charge in [0.1, 0.15) is 12.6 Å². The van der Waals surface area contributed by atoms with Crippen molar-refractivity contribution in [3.63, 3.8) is 0 Å². The first-order chi connectivity index (χ1) is 61.8. The topological polar surface area (TPSA) is 374 Å². The van der Waals surface area contributed by atoms with E-state index in [1.54, 1.807) is 0 Å². The van der Waals surface area contributed by atoms with Gasteiger partial charge in [-0.3, -0.25) is 44.2 Å². The number of hydrogen-bond donors (Lipinski definition) is 15. The number of unbranched alkanes of at least 4 members (excludes halogenated alkanes) is 39. The van der Waals surface area contributed by atoms with Crippen LogP contribution in [0.1, 0.15) is 399 Å². The number of carbonyl (C=O) groups excluding carboxylic acids is 6. The summed E-state index contributed by atoms with van der Waals surface area (Å²) in [7, 11) is 2.02. The molecule has 0 fully saturated rings. The van der Waals surface area contributed by atoms with E-state index in [4.69, 9.17) is 26.0 Å². The van der Waals surface area contributed by atoms with Crippen LogP contribution in [0.25, 0.3) is 0 Å². The number of aliphatic hydroxyl groups excluding tert-OH is 2. The number of carboxylic acids is 1. The zero-order valence-corrected chi connectivity index (χ0v) is 81.4. The summed E-state index contributed by atoms with van der Waals surface area (Å²) in [6.45, 7) is 19.2. The molecule has 4 amide bonds. The molecule has 6 atom stereocenters. The van der Waals surface area contributed by atoms with Crippen LogP contribution in [-0.2, 0) is 55.9 Å². The summed E-state index contributed by atoms with van der Waals surface area (Å²) in [6.07, 6.45) is 59.4. The summed E-state index contributed by atoms with van der Waals surface area (Å²) < 4.78 is 10.3. The molecule has 0 bridgehead atoms. The SMILES string of the molecule is CCCCCC(NCNc1ccc(CC(C)N)cc1)C(O)CCCCCCCCCCC(=O)NCCNC(=O)CCCCCCCCCCC(O)C(CCCCC)NCNc1ccc(CC(N)C(=O)O)cc1.CCCOC(=O)CNCCCCCCCCCCCCNC(=O)CCCCCCC(=O)NCCCCCCCCCCCCNCC(=O)OCCN(C)CC. The number of aliphatic hydroxyl groups is 2. The highest BCUT2D eigenvalue weighted by atomic mass is 16.5. The molecule has 0 aliphatic carbocycles. The third-order valence-corrected chi connectivity index (χ3v) is 23.8. The standard InChI is InChI=1S/C58H104N8O6.C44H87N5O6/c1-4-6-20-26-52(65-44-63-49-36-32-47(33-37-49)42-46(3)59)54(67)28-22-16-12-8-10-14-18-24-30-56(69)61-40-41-62-57(70)31-25-19-15-11-9-13-17-23-29-55(68)53(27-21-7-5-2)66-45-64-50-38-34-48(35-39-50)43-51(60)58(71)72;1-4-37-54-43(52)39-45-32-26-20-14-10-6-8-12-16-22-28-34-47-41(50)30-24-18-19-25-31-42(51)48-35-29-23-17-13-9-7-11-15-21-27-33-46-40-44(53)55-38-36-49(3)5-2/h32-39,46,51-55,63-68H,4-31,40-45,59-60H2,1-3H3,(H,61,69)(H,62,70)(H,71,72);45-46H,4-40H2,1-3H3,(H,47,50)(H,48,51). The van der Waals surface area contributed by atoms with Crippen molar-refractivity contribution >= 4 is 52.9 Å². The van der Waals surface area contributed by atoms with E-state index in [1.165, 1.54) is 147 Å². The van der Waals surface area contributed by atoms with Gasteiger partial charge in [0.15, 0.2) is 0 Å². The maximum atomic E-state index is 12.3. The molecule has 2 rings (SSSR count). The fourth-order valence-corrected chi connectivity index (χ4v) is 15.6. The number of aliphatic carboxylic acids is 1. The molecule has 25 heteroatoms. The number of ether oxygens (including phenoxy) is 2. The Kier molecular flexibility index (Phi) is 82.4. The summed E-state index contributed by atoms with van der Waals surface area (Å²) in [4.78, 5) is 85.2. The van der Waals surface area contributed by atoms with Crippen molar-refractivity contribution < 1.29 is 58.4 Å². The molecule has 0 heterocycles. The van der Waals surface area contributed by atoms with Crippen LogP contribution >= 0.6 is 0 Å². The minimum atomic E-state index is -1.00. The number of anilines is 2. The first-order valence-electron chi connectivity index (χ1n) is 51.5. The van der Waals surface area contributed by atoms with Gasteiger partial charge >= 0.3 is 17.9 Å². The zero-order chi connectivity index (χ0) is 92.7. The molecule has 0 saturated heterocycles. The summed E-state index contributed by atoms with van der Waals surface area (Å²) in [5.74, 6) is -0.898. The molecular formula is C102H191N13O12. The molecule has 736 valence electrons. The third kappa shape index (κ3) is 78.4. The van der Waals surface area contributed by atoms with Crippen molar-refractivity contribution in [1.82, 2.24) is 47.4 Å². The van der Waals surface area contributed by atoms with Crippen LogP contribution in [-0.4, -0.2) is 197 Å². The van der Waals surface area contributed by atoms with Crippen molar-refractivity contribution in [2.24, 2.45) is 11.5 Å². The van der Waals surface area contributed by atoms with Gasteiger partial charge in [0.05, 0.1) is 45.2 Å². The summed E-state index contributed by atoms with van der Waals surface area (Å²) in [5.41, 5.74) is 15.7. The highest BCUT2D eigenvalue weighted by Gasteiger charge is 2.21. The third-order valence-electron chi connectivity index (χ3n) is 23.8. The number of amides is 4. The van der Waals surface area contributed by atoms with Gasteiger partial charge in [0, 0.05) is 87.9 Å². The second-order valence-corrected chi connectivity index (χ2v) is 36.0. The lowest BCUT2D eigenvalue weighted by molar-refractivity contribution is -0.143. The van der Waals surface area contributed by atoms with Gasteiger partial charge < -0.3 is 83.7 Å². The molecule has 0 radical (unpaired) electrons. The predicted molar refractivity (Wildman–Crippen MR) is 526 cm³/mol. The van der Waals surface area contributed by atoms with Crippen LogP contribution in [0, 0.1) is 0 Å². The van der Waals surface area contributed by atoms with Crippen molar-refractivity contribution in [2.75, 3.05) is 110 Å². The van der Waals surface area contributed by atoms with E-state index in [1.807, 2.05) is 45.2 Å². The average Bonchev–Trinajstić information content (AvgIpc) is 0.899. The Bertz CT molecular complexity index is 2890. The number of likely N-dealkylation sites (N-methyl/N-ethyl adjacent to an activating group) is 1. The van der Waals surface area contributed by atoms with Crippen LogP contribution < -0.4 is 64.6 Å². The maximum Gasteiger partial charge on any atom is 0.320 e. The van der Waals surface area contributed by atoms with Crippen molar-refractivity contribution in [1.29, 1.82) is 0 Å². The number of rotatable bonds is 91. The normalized spacial score (nSPS) is 12.8. The molecule has 2 aromatic carbocycles. The molecule has 0 aromatic heterocycles. The van der Waals surface area contributed by atoms with Crippen LogP contribution in [0.15, 0.2) is 48.5 Å². The van der Waals surface area contributed by atoms with E-state index < -0.39 is 18.1 Å². The van der Waals surface area contributed by atoms with Gasteiger partial charge in [-0.25, -0.2) is 0 Å². The second kappa shape index (κ2) is 87.9. The Hall–Kier alpha value is -6.03. The molecule has 17 N–H and O–H groups in total. The van der Waals surface area contributed by atoms with Gasteiger partial charge in [-0.15, -0.1) is 0 Å². The molecule has 25 nitrogen and oxygen atoms in total. The molecule has 0 aliphatic rings. The van der Waals surface area contributed by atoms with Gasteiger partial charge in [0.25, 0.3) is 0 Å². The summed E-state index contributed by atoms with van der Waals surface area (Å²) in [5, 5.41) is 63.5. The van der Waals surface area contributed by atoms with Crippen molar-refractivity contribution in [3.05, 3.63) is 59.7 Å². The Morgan fingerprint density at radius 1 is 0.362 bits per heavy atom. The molecule has 0 saturated carbocycles. The number of nitrogens with one attached hydrogen (secondary N) is 10. The Morgan fingerprint density at radius 2 is 0.661 bits per heavy atom. The molecule has 0 aliphatic heterocycles. The van der Waals surface area contributed by atoms with Gasteiger partial charge in [-0.05, 0) is 165 Å². The van der Waals surface area contributed by atoms with Gasteiger partial charge in [0.2, 0.25) is 23.6 Å². The fraction of sp³-hybridized carbons (Fsp3) is 0.814. The van der Waals surface area contributed by atoms with E-state index in [-0.39, 0.29) is 66.2 Å². The zero-order valence-electron chi connectivity index (χ0n) is 81.4. The van der Waals surface area contributed by atoms with Gasteiger partial charge in [-0.2, -0.15) is 0 Å². The van der Waals surface area contributed by atoms with Crippen LogP contribution in [0.4, 0.5) is 11.4 Å². The van der Waals surface area contributed by atoms with Crippen LogP contribution in [0.2, 0.25) is 0 Å². The maximum absolute atomic E-state index is 12.3. The second-order valence-electron chi connectivity index (χ2n) is 36.0. The lowest BCUT2D eigenvalue weighted by Gasteiger charge is -2.25. The fourth-order valence-electron chi connectivity index (χ4n) is 15.6. The van der Waals surface area contributed by atoms with E-state index in [9.17, 15) is 43.8 Å². The van der Waals surface area contributed by atoms with E-state index in [0.29, 0.717) is 78.4 Å². The predicted octanol–water partition coefficient (Wildman–Crippen LogP) is 17.8. The largest absolute Gasteiger partial charge is 0.480 e. The molecule has 6 unspecified atom stereocenters. The number of nitrogens with two attached hydrogens (primary N) is 2. The number of hydrogen-bond acceptors (Lipinski definition) is 20. The number of esters is 2. The lowest BCUT2D eigenvalue weighted by atomic mass is 9.98. The number of benzene rings is 2. The number of carbonyl (C=O) groups is 7. The lowest BCUT2D eigenvalue weighted by Crippen LogP contribution is -2.42. The molecular weight excluding hydrogens is 1600 g/mol. The van der Waals surface area contributed by atoms with E-state index in [0.717, 1.165) is 249 Å². The minimum Gasteiger partial charge on any atom is -0.480 e. The smallest absolute Gasteiger partial charge is 0.320 e. The molecule has 127 heavy (non-hydrogen) atoms. The van der Waals surface area contributed by atoms with E-state index >= 15 is 0 Å². The first kappa shape index (κ1) is 119. The highest BCUT2D eigenvalue weighted by molar-refractivity contribution is 5.78. The summed E-state index contributed by atoms with van der Waals surface area (Å²) >= 11 is 0. The van der Waals surface area contributed by atoms with Crippen molar-refractivity contribution in [3.8, 4) is 0 Å². The number of carboxylic acid groups (broad SMARTS) is 1. The minimum absolute atomic E-state index is 0.0262. The average molecular weight is 1790 g/mol. The molecule has 2 aromatic rings. The van der Waals surface area contributed by atoms with Crippen LogP contribution in [0.5, 0.6) is 0 Å². The van der Waals surface area contributed by atoms with Crippen molar-refractivity contribution in [2.45, 2.75) is 437 Å². The highest BCUT2D eigenvalue weighted by Crippen LogP contribution is 2.21. The summed E-state index contributed by atoms with van der Waals surface area (Å²) in [6, 6.07) is 15.4. The van der Waals surface area contributed by atoms with Gasteiger partial charge in [-0.1, -0.05) is 296 Å². The number of nitrogens with zero attached hydrogens (tertiary/aromatic N) is 1. The molecule has 0 spiro atoms. The monoisotopic (exact) mass is 1790 g/mol. The Labute approximate surface area is 772 Å². The quantitative estimate of drug-likeness (QED) is 0.0166. The Balaban J connectivity index is 0.00000132. The first-order valence-corrected chi connectivity index (χ1v) is 51.5. The van der Waals surface area contributed by atoms with E-state index in [2.05, 4.69) is 103 Å².